The van der Waals surface area contributed by atoms with Crippen molar-refractivity contribution in [2.45, 2.75) is 58.2 Å². The number of nitrogens with zero attached hydrogens (tertiary/aromatic N) is 4. The molecule has 0 fully saturated rings. The Bertz CT molecular complexity index is 1520. The normalized spacial score (nSPS) is 13.3. The second kappa shape index (κ2) is 14.4. The third kappa shape index (κ3) is 8.27. The molecule has 226 valence electrons. The maximum Gasteiger partial charge on any atom is 0.254 e. The first-order valence-corrected chi connectivity index (χ1v) is 15.4. The maximum absolute atomic E-state index is 13.5. The zero-order valence-electron chi connectivity index (χ0n) is 25.7. The molecule has 9 heteroatoms. The number of likely N-dealkylation sites (N-methyl/N-ethyl adjacent to an activating group) is 1. The molecule has 0 radical (unpaired) electrons. The zero-order valence-corrected chi connectivity index (χ0v) is 26.5. The molecule has 3 atom stereocenters. The van der Waals surface area contributed by atoms with E-state index in [1.54, 1.807) is 42.4 Å². The summed E-state index contributed by atoms with van der Waals surface area (Å²) in [7, 11) is 3.65. The van der Waals surface area contributed by atoms with Gasteiger partial charge in [0.2, 0.25) is 0 Å². The smallest absolute Gasteiger partial charge is 0.254 e. The van der Waals surface area contributed by atoms with Gasteiger partial charge in [-0.25, -0.2) is 4.98 Å². The monoisotopic (exact) mass is 599 g/mol. The van der Waals surface area contributed by atoms with Crippen molar-refractivity contribution in [2.24, 2.45) is 0 Å². The van der Waals surface area contributed by atoms with Gasteiger partial charge in [-0.05, 0) is 61.6 Å². The number of benzene rings is 2. The van der Waals surface area contributed by atoms with Gasteiger partial charge in [0.05, 0.1) is 30.1 Å². The van der Waals surface area contributed by atoms with Crippen LogP contribution >= 0.6 is 11.3 Å². The quantitative estimate of drug-likeness (QED) is 0.219. The van der Waals surface area contributed by atoms with Crippen molar-refractivity contribution in [1.82, 2.24) is 20.2 Å². The Morgan fingerprint density at radius 3 is 2.37 bits per heavy atom. The van der Waals surface area contributed by atoms with Gasteiger partial charge in [0.1, 0.15) is 5.01 Å². The van der Waals surface area contributed by atoms with E-state index in [1.165, 1.54) is 11.3 Å². The van der Waals surface area contributed by atoms with Gasteiger partial charge in [-0.2, -0.15) is 0 Å². The number of aromatic nitrogens is 2. The van der Waals surface area contributed by atoms with E-state index in [9.17, 15) is 14.7 Å². The summed E-state index contributed by atoms with van der Waals surface area (Å²) < 4.78 is 0. The number of rotatable bonds is 12. The highest BCUT2D eigenvalue weighted by atomic mass is 32.1. The molecular weight excluding hydrogens is 558 g/mol. The Hall–Kier alpha value is -4.08. The van der Waals surface area contributed by atoms with Crippen molar-refractivity contribution in [2.75, 3.05) is 25.5 Å². The minimum atomic E-state index is -0.879. The number of aryl methyl sites for hydroxylation is 1. The second-order valence-electron chi connectivity index (χ2n) is 11.3. The molecule has 2 heterocycles. The zero-order chi connectivity index (χ0) is 31.1. The summed E-state index contributed by atoms with van der Waals surface area (Å²) in [6.45, 7) is 8.39. The molecule has 8 nitrogen and oxygen atoms in total. The highest BCUT2D eigenvalue weighted by molar-refractivity contribution is 7.09. The maximum atomic E-state index is 13.5. The van der Waals surface area contributed by atoms with Crippen LogP contribution in [0.2, 0.25) is 0 Å². The third-order valence-corrected chi connectivity index (χ3v) is 8.79. The van der Waals surface area contributed by atoms with Gasteiger partial charge in [0.25, 0.3) is 11.8 Å². The topological polar surface area (TPSA) is 98.7 Å². The lowest BCUT2D eigenvalue weighted by Crippen LogP contribution is -2.49. The highest BCUT2D eigenvalue weighted by Crippen LogP contribution is 2.24. The van der Waals surface area contributed by atoms with E-state index in [-0.39, 0.29) is 17.9 Å². The lowest BCUT2D eigenvalue weighted by Gasteiger charge is -2.29. The van der Waals surface area contributed by atoms with Crippen LogP contribution in [0, 0.1) is 6.92 Å². The molecule has 0 bridgehead atoms. The van der Waals surface area contributed by atoms with E-state index < -0.39 is 12.1 Å². The minimum absolute atomic E-state index is 0.199. The summed E-state index contributed by atoms with van der Waals surface area (Å²) >= 11 is 1.52. The van der Waals surface area contributed by atoms with Crippen molar-refractivity contribution < 1.29 is 14.7 Å². The molecule has 0 spiro atoms. The summed E-state index contributed by atoms with van der Waals surface area (Å²) in [5.74, 6) is -0.222. The van der Waals surface area contributed by atoms with Crippen molar-refractivity contribution >= 4 is 28.8 Å². The van der Waals surface area contributed by atoms with Crippen LogP contribution in [-0.2, 0) is 6.42 Å². The summed E-state index contributed by atoms with van der Waals surface area (Å²) in [5, 5.41) is 17.3. The molecule has 43 heavy (non-hydrogen) atoms. The number of anilines is 1. The van der Waals surface area contributed by atoms with Gasteiger partial charge in [0, 0.05) is 49.0 Å². The highest BCUT2D eigenvalue weighted by Gasteiger charge is 2.26. The van der Waals surface area contributed by atoms with Crippen LogP contribution in [0.3, 0.4) is 0 Å². The van der Waals surface area contributed by atoms with E-state index >= 15 is 0 Å². The number of aliphatic hydroxyl groups excluding tert-OH is 1. The molecule has 2 aromatic heterocycles. The molecule has 2 N–H and O–H groups in total. The first-order valence-electron chi connectivity index (χ1n) is 14.5. The summed E-state index contributed by atoms with van der Waals surface area (Å²) in [6.07, 6.45) is 3.20. The SMILES string of the molecule is Cc1csc([C@@H](C)N(C)C(=O)c2cccc(C(=O)N[C@@H](Cc3ccccc3)[C@H](O)CN(C)c3cncc(C(C)C)c3)c2)n1. The number of nitrogens with one attached hydrogen (secondary N) is 1. The summed E-state index contributed by atoms with van der Waals surface area (Å²) in [5.41, 5.74) is 4.69. The van der Waals surface area contributed by atoms with Crippen LogP contribution < -0.4 is 10.2 Å². The van der Waals surface area contributed by atoms with Crippen molar-refractivity contribution in [3.8, 4) is 0 Å². The van der Waals surface area contributed by atoms with Gasteiger partial charge >= 0.3 is 0 Å². The fourth-order valence-corrected chi connectivity index (χ4v) is 5.68. The van der Waals surface area contributed by atoms with Gasteiger partial charge in [0.15, 0.2) is 0 Å². The molecule has 0 saturated heterocycles. The minimum Gasteiger partial charge on any atom is -0.389 e. The first kappa shape index (κ1) is 31.8. The van der Waals surface area contributed by atoms with Crippen LogP contribution in [-0.4, -0.2) is 64.6 Å². The fourth-order valence-electron chi connectivity index (χ4n) is 4.79. The van der Waals surface area contributed by atoms with Gasteiger partial charge in [-0.1, -0.05) is 50.2 Å². The molecule has 0 saturated carbocycles. The van der Waals surface area contributed by atoms with Crippen LogP contribution in [0.25, 0.3) is 0 Å². The molecule has 0 aliphatic heterocycles. The van der Waals surface area contributed by atoms with Crippen molar-refractivity contribution in [3.63, 3.8) is 0 Å². The molecule has 2 amide bonds. The van der Waals surface area contributed by atoms with Crippen LogP contribution in [0.5, 0.6) is 0 Å². The summed E-state index contributed by atoms with van der Waals surface area (Å²) in [4.78, 5) is 39.4. The molecule has 0 unspecified atom stereocenters. The number of hydrogen-bond donors (Lipinski definition) is 2. The Morgan fingerprint density at radius 1 is 0.977 bits per heavy atom. The largest absolute Gasteiger partial charge is 0.389 e. The second-order valence-corrected chi connectivity index (χ2v) is 12.2. The fraction of sp³-hybridized carbons (Fsp3) is 0.353. The molecule has 4 rings (SSSR count). The van der Waals surface area contributed by atoms with Crippen LogP contribution in [0.15, 0.2) is 78.4 Å². The lowest BCUT2D eigenvalue weighted by molar-refractivity contribution is 0.0742. The van der Waals surface area contributed by atoms with E-state index in [2.05, 4.69) is 35.2 Å². The number of hydrogen-bond acceptors (Lipinski definition) is 7. The average molecular weight is 600 g/mol. The van der Waals surface area contributed by atoms with Crippen LogP contribution in [0.4, 0.5) is 5.69 Å². The summed E-state index contributed by atoms with van der Waals surface area (Å²) in [6, 6.07) is 17.8. The van der Waals surface area contributed by atoms with Gasteiger partial charge in [-0.3, -0.25) is 14.6 Å². The number of carbonyl (C=O) groups excluding carboxylic acids is 2. The van der Waals surface area contributed by atoms with E-state index in [4.69, 9.17) is 0 Å². The van der Waals surface area contributed by atoms with Gasteiger partial charge in [-0.15, -0.1) is 11.3 Å². The number of amides is 2. The number of carbonyl (C=O) groups is 2. The lowest BCUT2D eigenvalue weighted by atomic mass is 9.99. The number of pyridine rings is 1. The average Bonchev–Trinajstić information content (AvgIpc) is 3.46. The molecule has 0 aliphatic rings. The molecule has 0 aliphatic carbocycles. The molecule has 2 aromatic carbocycles. The van der Waals surface area contributed by atoms with E-state index in [0.29, 0.717) is 30.0 Å². The van der Waals surface area contributed by atoms with Gasteiger partial charge < -0.3 is 20.2 Å². The molecule has 4 aromatic rings. The van der Waals surface area contributed by atoms with Crippen molar-refractivity contribution in [3.05, 3.63) is 111 Å². The Labute approximate surface area is 258 Å². The number of thiazole rings is 1. The van der Waals surface area contributed by atoms with Crippen molar-refractivity contribution in [1.29, 1.82) is 0 Å². The third-order valence-electron chi connectivity index (χ3n) is 7.66. The Morgan fingerprint density at radius 2 is 1.70 bits per heavy atom. The van der Waals surface area contributed by atoms with E-state index in [0.717, 1.165) is 27.5 Å². The van der Waals surface area contributed by atoms with E-state index in [1.807, 2.05) is 67.7 Å². The standard InChI is InChI=1S/C34H41N5O3S/c1-22(2)28-17-29(19-35-18-28)38(5)20-31(40)30(15-25-11-8-7-9-12-25)37-32(41)26-13-10-14-27(16-26)34(42)39(6)24(4)33-36-23(3)21-43-33/h7-14,16-19,21-22,24,30-31,40H,15,20H2,1-6H3,(H,37,41)/t24-,30+,31-/m1/s1. The van der Waals surface area contributed by atoms with Crippen LogP contribution in [0.1, 0.15) is 75.3 Å². The predicted octanol–water partition coefficient (Wildman–Crippen LogP) is 5.64. The Balaban J connectivity index is 1.51. The Kier molecular flexibility index (Phi) is 10.7. The number of aliphatic hydroxyl groups is 1. The predicted molar refractivity (Wildman–Crippen MR) is 173 cm³/mol. The first-order chi connectivity index (χ1) is 20.5. The molecular formula is C34H41N5O3S.